The van der Waals surface area contributed by atoms with Crippen LogP contribution in [0.1, 0.15) is 99.5 Å². The molecule has 250 valence electrons. The molecule has 6 rings (SSSR count). The monoisotopic (exact) mass is 634 g/mol. The van der Waals surface area contributed by atoms with Gasteiger partial charge >= 0.3 is 17.9 Å². The largest absolute Gasteiger partial charge is 0.472 e. The minimum absolute atomic E-state index is 0.0181. The number of carbonyl (C=O) groups is 3. The molecule has 8 nitrogen and oxygen atoms in total. The van der Waals surface area contributed by atoms with Crippen LogP contribution in [0.3, 0.4) is 0 Å². The van der Waals surface area contributed by atoms with Crippen molar-refractivity contribution < 1.29 is 37.7 Å². The van der Waals surface area contributed by atoms with Crippen LogP contribution in [0.25, 0.3) is 0 Å². The second kappa shape index (κ2) is 11.2. The lowest BCUT2D eigenvalue weighted by molar-refractivity contribution is -0.265. The maximum absolute atomic E-state index is 13.7. The summed E-state index contributed by atoms with van der Waals surface area (Å²) in [7, 11) is 0. The molecule has 0 amide bonds. The number of esters is 3. The standard InChI is InChI=1S/C38H50O8/c1-10-21(3)33(40)45-29-18-28(44-23(5)39)36(7)20-43-30-31(36)38(29,9)27-14-16-35(6)25(24-15-17-42-19-24)12-13-26(35)37(27,8)32(30)46-34(41)22(4)11-2/h10-11,13,15,17,19,25,27-32H,12,14,16,18,20H2,1-9H3/b21-10+,22-11+/t25-,27-,28+,29-,30-,31-,32+,35-,36-,37-,38-/m0/s1. The van der Waals surface area contributed by atoms with Crippen LogP contribution < -0.4 is 0 Å². The van der Waals surface area contributed by atoms with Gasteiger partial charge < -0.3 is 23.4 Å². The first-order valence-electron chi connectivity index (χ1n) is 16.9. The predicted octanol–water partition coefficient (Wildman–Crippen LogP) is 7.25. The van der Waals surface area contributed by atoms with Gasteiger partial charge in [-0.25, -0.2) is 9.59 Å². The molecular formula is C38H50O8. The lowest BCUT2D eigenvalue weighted by Crippen LogP contribution is -2.73. The molecule has 0 unspecified atom stereocenters. The Kier molecular flexibility index (Phi) is 8.02. The van der Waals surface area contributed by atoms with Gasteiger partial charge in [-0.05, 0) is 75.8 Å². The average Bonchev–Trinajstić information content (AvgIpc) is 3.75. The number of hydrogen-bond acceptors (Lipinski definition) is 8. The lowest BCUT2D eigenvalue weighted by Gasteiger charge is -2.69. The van der Waals surface area contributed by atoms with Gasteiger partial charge in [-0.2, -0.15) is 0 Å². The van der Waals surface area contributed by atoms with Gasteiger partial charge in [0.15, 0.2) is 0 Å². The van der Waals surface area contributed by atoms with Crippen molar-refractivity contribution in [2.45, 2.75) is 118 Å². The van der Waals surface area contributed by atoms with Gasteiger partial charge in [-0.3, -0.25) is 4.79 Å². The molecule has 1 aromatic rings. The maximum atomic E-state index is 13.7. The Morgan fingerprint density at radius 3 is 2.22 bits per heavy atom. The molecule has 4 fully saturated rings. The van der Waals surface area contributed by atoms with Gasteiger partial charge in [-0.15, -0.1) is 0 Å². The molecule has 0 N–H and O–H groups in total. The zero-order valence-corrected chi connectivity index (χ0v) is 28.8. The van der Waals surface area contributed by atoms with E-state index in [0.29, 0.717) is 24.2 Å². The number of rotatable bonds is 6. The van der Waals surface area contributed by atoms with E-state index in [4.69, 9.17) is 23.4 Å². The molecule has 3 saturated carbocycles. The second-order valence-corrected chi connectivity index (χ2v) is 15.4. The van der Waals surface area contributed by atoms with Crippen molar-refractivity contribution in [1.29, 1.82) is 0 Å². The molecular weight excluding hydrogens is 584 g/mol. The zero-order valence-electron chi connectivity index (χ0n) is 28.8. The highest BCUT2D eigenvalue weighted by Gasteiger charge is 2.78. The van der Waals surface area contributed by atoms with Gasteiger partial charge in [0.1, 0.15) is 18.3 Å². The van der Waals surface area contributed by atoms with Crippen molar-refractivity contribution in [3.8, 4) is 0 Å². The maximum Gasteiger partial charge on any atom is 0.333 e. The van der Waals surface area contributed by atoms with E-state index in [1.807, 2.05) is 20.1 Å². The van der Waals surface area contributed by atoms with E-state index < -0.39 is 40.7 Å². The number of hydrogen-bond donors (Lipinski definition) is 0. The second-order valence-electron chi connectivity index (χ2n) is 15.4. The summed E-state index contributed by atoms with van der Waals surface area (Å²) in [6.45, 7) is 18.0. The van der Waals surface area contributed by atoms with Crippen LogP contribution in [0, 0.1) is 33.5 Å². The van der Waals surface area contributed by atoms with E-state index in [1.165, 1.54) is 18.1 Å². The highest BCUT2D eigenvalue weighted by atomic mass is 16.6. The Morgan fingerprint density at radius 1 is 0.935 bits per heavy atom. The lowest BCUT2D eigenvalue weighted by atomic mass is 9.36. The quantitative estimate of drug-likeness (QED) is 0.140. The summed E-state index contributed by atoms with van der Waals surface area (Å²) in [6.07, 6.45) is 10.4. The van der Waals surface area contributed by atoms with Gasteiger partial charge in [-0.1, -0.05) is 51.5 Å². The third-order valence-electron chi connectivity index (χ3n) is 13.2. The van der Waals surface area contributed by atoms with E-state index in [0.717, 1.165) is 19.3 Å². The zero-order chi connectivity index (χ0) is 33.4. The topological polar surface area (TPSA) is 101 Å². The SMILES string of the molecule is C/C=C(\C)C(=O)O[C@@H]1[C@H]2OC[C@@]3(C)[C@H](OC(C)=O)C[C@H](OC(=O)/C(C)=C/C)[C@@](C)([C@@H]23)[C@H]2CC[C@]3(C)C(=CC[C@H]3c3ccoc3)[C@]12C. The van der Waals surface area contributed by atoms with Crippen LogP contribution >= 0.6 is 0 Å². The highest BCUT2D eigenvalue weighted by molar-refractivity contribution is 5.88. The number of fused-ring (bicyclic) bond motifs is 4. The van der Waals surface area contributed by atoms with Crippen molar-refractivity contribution in [3.63, 3.8) is 0 Å². The van der Waals surface area contributed by atoms with E-state index in [2.05, 4.69) is 39.8 Å². The summed E-state index contributed by atoms with van der Waals surface area (Å²) in [5, 5.41) is 0. The first-order chi connectivity index (χ1) is 21.7. The van der Waals surface area contributed by atoms with Crippen molar-refractivity contribution in [3.05, 3.63) is 59.1 Å². The van der Waals surface area contributed by atoms with Gasteiger partial charge in [0.2, 0.25) is 0 Å². The number of furan rings is 1. The summed E-state index contributed by atoms with van der Waals surface area (Å²) in [4.78, 5) is 39.6. The molecule has 4 aliphatic carbocycles. The van der Waals surface area contributed by atoms with Gasteiger partial charge in [0, 0.05) is 46.7 Å². The van der Waals surface area contributed by atoms with Crippen molar-refractivity contribution in [1.82, 2.24) is 0 Å². The Balaban J connectivity index is 1.54. The number of allylic oxidation sites excluding steroid dienone is 3. The Bertz CT molecular complexity index is 1500. The third-order valence-corrected chi connectivity index (χ3v) is 13.2. The Morgan fingerprint density at radius 2 is 1.61 bits per heavy atom. The summed E-state index contributed by atoms with van der Waals surface area (Å²) in [5.74, 6) is -1.09. The fourth-order valence-electron chi connectivity index (χ4n) is 10.8. The molecule has 1 aliphatic heterocycles. The van der Waals surface area contributed by atoms with Gasteiger partial charge in [0.05, 0.1) is 25.2 Å². The molecule has 0 bridgehead atoms. The Labute approximate surface area is 272 Å². The van der Waals surface area contributed by atoms with E-state index in [1.54, 1.807) is 32.3 Å². The number of carbonyl (C=O) groups excluding carboxylic acids is 3. The molecule has 0 radical (unpaired) electrons. The van der Waals surface area contributed by atoms with Crippen molar-refractivity contribution in [2.75, 3.05) is 6.61 Å². The molecule has 2 heterocycles. The molecule has 0 aromatic carbocycles. The van der Waals surface area contributed by atoms with Crippen LogP contribution in [0.2, 0.25) is 0 Å². The summed E-state index contributed by atoms with van der Waals surface area (Å²) in [6, 6.07) is 2.06. The van der Waals surface area contributed by atoms with Crippen LogP contribution in [0.4, 0.5) is 0 Å². The van der Waals surface area contributed by atoms with Crippen LogP contribution in [0.5, 0.6) is 0 Å². The minimum atomic E-state index is -0.620. The average molecular weight is 635 g/mol. The molecule has 5 aliphatic rings. The summed E-state index contributed by atoms with van der Waals surface area (Å²) < 4.78 is 31.5. The third kappa shape index (κ3) is 4.45. The van der Waals surface area contributed by atoms with E-state index in [9.17, 15) is 14.4 Å². The fourth-order valence-corrected chi connectivity index (χ4v) is 10.8. The molecule has 1 aromatic heterocycles. The first-order valence-corrected chi connectivity index (χ1v) is 16.9. The van der Waals surface area contributed by atoms with Crippen LogP contribution in [-0.2, 0) is 33.3 Å². The summed E-state index contributed by atoms with van der Waals surface area (Å²) in [5.41, 5.74) is 1.58. The van der Waals surface area contributed by atoms with Gasteiger partial charge in [0.25, 0.3) is 0 Å². The highest BCUT2D eigenvalue weighted by Crippen LogP contribution is 2.76. The molecule has 46 heavy (non-hydrogen) atoms. The fraction of sp³-hybridized carbons (Fsp3) is 0.658. The van der Waals surface area contributed by atoms with E-state index >= 15 is 0 Å². The first kappa shape index (κ1) is 32.8. The molecule has 8 heteroatoms. The van der Waals surface area contributed by atoms with Crippen LogP contribution in [-0.4, -0.2) is 48.9 Å². The van der Waals surface area contributed by atoms with Crippen LogP contribution in [0.15, 0.2) is 58.0 Å². The number of ether oxygens (including phenoxy) is 4. The predicted molar refractivity (Wildman–Crippen MR) is 171 cm³/mol. The normalized spacial score (nSPS) is 43.2. The minimum Gasteiger partial charge on any atom is -0.472 e. The smallest absolute Gasteiger partial charge is 0.333 e. The molecule has 11 atom stereocenters. The molecule has 0 spiro atoms. The van der Waals surface area contributed by atoms with E-state index in [-0.39, 0.29) is 41.1 Å². The summed E-state index contributed by atoms with van der Waals surface area (Å²) >= 11 is 0. The van der Waals surface area contributed by atoms with Crippen molar-refractivity contribution in [2.24, 2.45) is 33.5 Å². The van der Waals surface area contributed by atoms with Crippen molar-refractivity contribution >= 4 is 17.9 Å². The molecule has 1 saturated heterocycles. The Hall–Kier alpha value is -3.13.